The Bertz CT molecular complexity index is 1490. The molecule has 4 rings (SSSR count). The number of nitrogens with zero attached hydrogens (tertiary/aromatic N) is 3. The molecule has 1 aliphatic heterocycles. The number of alkyl halides is 3. The zero-order valence-corrected chi connectivity index (χ0v) is 22.8. The molecule has 1 fully saturated rings. The molecule has 0 spiro atoms. The molecule has 0 saturated carbocycles. The smallest absolute Gasteiger partial charge is 0.459 e. The van der Waals surface area contributed by atoms with Gasteiger partial charge in [-0.2, -0.15) is 10.1 Å². The summed E-state index contributed by atoms with van der Waals surface area (Å²) in [4.78, 5) is 34.3. The van der Waals surface area contributed by atoms with E-state index >= 15 is 4.39 Å². The number of carbonyl (C=O) groups is 1. The summed E-state index contributed by atoms with van der Waals surface area (Å²) in [6.07, 6.45) is -10.2. The highest BCUT2D eigenvalue weighted by molar-refractivity contribution is 7.52. The Morgan fingerprint density at radius 1 is 1.32 bits per heavy atom. The van der Waals surface area contributed by atoms with Crippen LogP contribution in [0.15, 0.2) is 41.5 Å². The number of carbonyl (C=O) groups excluding carboxylic acids is 1. The average Bonchev–Trinajstić information content (AvgIpc) is 3.42. The molecule has 2 aromatic heterocycles. The lowest BCUT2D eigenvalue weighted by atomic mass is 9.97. The molecule has 1 aliphatic rings. The van der Waals surface area contributed by atoms with Crippen LogP contribution in [-0.4, -0.2) is 73.6 Å². The monoisotopic (exact) mass is 604 g/mol. The molecule has 3 aromatic rings. The molecule has 0 amide bonds. The van der Waals surface area contributed by atoms with Crippen molar-refractivity contribution >= 4 is 30.8 Å². The number of anilines is 1. The summed E-state index contributed by atoms with van der Waals surface area (Å²) in [6.45, 7) is 3.07. The molecule has 0 radical (unpaired) electrons. The van der Waals surface area contributed by atoms with Gasteiger partial charge in [-0.3, -0.25) is 23.7 Å². The van der Waals surface area contributed by atoms with Gasteiger partial charge in [-0.1, -0.05) is 18.2 Å². The molecular weight excluding hydrogens is 576 g/mol. The van der Waals surface area contributed by atoms with Crippen molar-refractivity contribution in [2.75, 3.05) is 12.3 Å². The molecule has 1 saturated heterocycles. The number of ether oxygens (including phenoxy) is 2. The van der Waals surface area contributed by atoms with E-state index in [1.165, 1.54) is 31.2 Å². The molecule has 6 atom stereocenters. The number of aliphatic hydroxyl groups is 1. The maximum Gasteiger partial charge on any atom is 0.459 e. The number of nitrogens with one attached hydrogen (secondary N) is 2. The van der Waals surface area contributed by atoms with Crippen LogP contribution >= 0.6 is 7.75 Å². The van der Waals surface area contributed by atoms with E-state index in [2.05, 4.69) is 20.0 Å². The zero-order valence-electron chi connectivity index (χ0n) is 21.9. The summed E-state index contributed by atoms with van der Waals surface area (Å²) in [7, 11) is -4.70. The van der Waals surface area contributed by atoms with Gasteiger partial charge in [-0.05, 0) is 32.9 Å². The van der Waals surface area contributed by atoms with Gasteiger partial charge in [0.2, 0.25) is 5.95 Å². The predicted octanol–water partition coefficient (Wildman–Crippen LogP) is 2.07. The molecule has 224 valence electrons. The number of aromatic amines is 1. The van der Waals surface area contributed by atoms with Gasteiger partial charge in [0.05, 0.1) is 19.0 Å². The predicted molar refractivity (Wildman–Crippen MR) is 137 cm³/mol. The van der Waals surface area contributed by atoms with E-state index in [1.54, 1.807) is 19.9 Å². The summed E-state index contributed by atoms with van der Waals surface area (Å²) in [5.41, 5.74) is 1.09. The number of nitrogens with two attached hydrogens (primary N) is 1. The maximum atomic E-state index is 15.4. The van der Waals surface area contributed by atoms with Crippen LogP contribution in [0.25, 0.3) is 11.2 Å². The van der Waals surface area contributed by atoms with E-state index in [1.807, 2.05) is 0 Å². The quantitative estimate of drug-likeness (QED) is 0.184. The van der Waals surface area contributed by atoms with Crippen LogP contribution in [0.2, 0.25) is 0 Å². The number of halogens is 3. The van der Waals surface area contributed by atoms with E-state index in [4.69, 9.17) is 24.3 Å². The van der Waals surface area contributed by atoms with Gasteiger partial charge in [-0.15, -0.1) is 0 Å². The number of nitrogen functional groups attached to an aromatic ring is 1. The normalized spacial score (nSPS) is 25.0. The van der Waals surface area contributed by atoms with E-state index in [0.29, 0.717) is 0 Å². The summed E-state index contributed by atoms with van der Waals surface area (Å²) in [5.74, 6) is -1.23. The molecule has 3 heterocycles. The number of rotatable bonds is 11. The van der Waals surface area contributed by atoms with Crippen LogP contribution in [0.4, 0.5) is 19.1 Å². The van der Waals surface area contributed by atoms with Gasteiger partial charge in [0.15, 0.2) is 29.2 Å². The lowest BCUT2D eigenvalue weighted by Crippen LogP contribution is -2.52. The lowest BCUT2D eigenvalue weighted by Gasteiger charge is -2.32. The fourth-order valence-corrected chi connectivity index (χ4v) is 5.54. The standard InChI is InChI=1S/C23H28F3N6O8P/c1-11(2)38-20(35)12(3)31-41(36,40-13-7-5-4-6-8-13)37-9-23(21(25)26)16(33)14(24)19(39-23)32-10-28-15-17(32)29-22(27)30-18(15)34/h4-8,10-12,14,16,19,21,33H,9H2,1-3H3,(H,31,36)(H3,27,29,30,34)/t12-,14+,16-,19+,23+,41?/m0/s1. The van der Waals surface area contributed by atoms with Crippen molar-refractivity contribution in [2.45, 2.75) is 63.4 Å². The van der Waals surface area contributed by atoms with E-state index in [9.17, 15) is 28.0 Å². The van der Waals surface area contributed by atoms with Crippen molar-refractivity contribution in [3.8, 4) is 5.75 Å². The Morgan fingerprint density at radius 2 is 2.00 bits per heavy atom. The Balaban J connectivity index is 1.64. The van der Waals surface area contributed by atoms with E-state index in [-0.39, 0.29) is 22.9 Å². The largest absolute Gasteiger partial charge is 0.462 e. The van der Waals surface area contributed by atoms with Crippen LogP contribution in [-0.2, 0) is 23.4 Å². The second kappa shape index (κ2) is 11.8. The maximum absolute atomic E-state index is 15.4. The van der Waals surface area contributed by atoms with Crippen LogP contribution in [0.5, 0.6) is 5.75 Å². The fraction of sp³-hybridized carbons (Fsp3) is 0.478. The van der Waals surface area contributed by atoms with Crippen molar-refractivity contribution in [3.63, 3.8) is 0 Å². The van der Waals surface area contributed by atoms with Crippen molar-refractivity contribution in [3.05, 3.63) is 47.0 Å². The molecule has 1 aromatic carbocycles. The molecule has 18 heteroatoms. The number of aliphatic hydroxyl groups excluding tert-OH is 1. The van der Waals surface area contributed by atoms with Crippen molar-refractivity contribution < 1.29 is 46.2 Å². The number of para-hydroxylation sites is 1. The first-order valence-corrected chi connectivity index (χ1v) is 13.8. The molecule has 1 unspecified atom stereocenters. The molecule has 0 aliphatic carbocycles. The third kappa shape index (κ3) is 6.23. The van der Waals surface area contributed by atoms with Gasteiger partial charge < -0.3 is 24.8 Å². The molecule has 41 heavy (non-hydrogen) atoms. The minimum Gasteiger partial charge on any atom is -0.462 e. The van der Waals surface area contributed by atoms with Crippen molar-refractivity contribution in [1.82, 2.24) is 24.6 Å². The first kappa shape index (κ1) is 30.5. The first-order chi connectivity index (χ1) is 19.3. The van der Waals surface area contributed by atoms with Crippen LogP contribution in [0.1, 0.15) is 27.0 Å². The summed E-state index contributed by atoms with van der Waals surface area (Å²) in [6, 6.07) is 6.15. The summed E-state index contributed by atoms with van der Waals surface area (Å²) < 4.78 is 80.2. The number of hydrogen-bond donors (Lipinski definition) is 4. The van der Waals surface area contributed by atoms with E-state index < -0.39 is 68.6 Å². The Hall–Kier alpha value is -3.50. The number of imidazole rings is 1. The molecule has 0 bridgehead atoms. The summed E-state index contributed by atoms with van der Waals surface area (Å²) >= 11 is 0. The average molecular weight is 604 g/mol. The highest BCUT2D eigenvalue weighted by Gasteiger charge is 2.62. The second-order valence-corrected chi connectivity index (χ2v) is 11.1. The lowest BCUT2D eigenvalue weighted by molar-refractivity contribution is -0.191. The van der Waals surface area contributed by atoms with Crippen LogP contribution in [0.3, 0.4) is 0 Å². The number of esters is 1. The highest BCUT2D eigenvalue weighted by Crippen LogP contribution is 2.50. The molecule has 5 N–H and O–H groups in total. The van der Waals surface area contributed by atoms with Crippen molar-refractivity contribution in [2.24, 2.45) is 0 Å². The molecular formula is C23H28F3N6O8P. The first-order valence-electron chi connectivity index (χ1n) is 12.2. The summed E-state index contributed by atoms with van der Waals surface area (Å²) in [5, 5.41) is 13.0. The third-order valence-corrected chi connectivity index (χ3v) is 7.62. The minimum absolute atomic E-state index is 0.0215. The Labute approximate surface area is 230 Å². The third-order valence-electron chi connectivity index (χ3n) is 6.00. The topological polar surface area (TPSA) is 193 Å². The van der Waals surface area contributed by atoms with Gasteiger partial charge in [-0.25, -0.2) is 22.7 Å². The van der Waals surface area contributed by atoms with Gasteiger partial charge >= 0.3 is 13.7 Å². The minimum atomic E-state index is -4.70. The van der Waals surface area contributed by atoms with E-state index in [0.717, 1.165) is 10.9 Å². The van der Waals surface area contributed by atoms with Gasteiger partial charge in [0.1, 0.15) is 17.9 Å². The van der Waals surface area contributed by atoms with Crippen molar-refractivity contribution in [1.29, 1.82) is 0 Å². The number of hydrogen-bond acceptors (Lipinski definition) is 11. The Morgan fingerprint density at radius 3 is 2.63 bits per heavy atom. The van der Waals surface area contributed by atoms with Crippen LogP contribution in [0, 0.1) is 0 Å². The van der Waals surface area contributed by atoms with Gasteiger partial charge in [0.25, 0.3) is 12.0 Å². The number of benzene rings is 1. The fourth-order valence-electron chi connectivity index (χ4n) is 4.01. The zero-order chi connectivity index (χ0) is 30.1. The highest BCUT2D eigenvalue weighted by atomic mass is 31.2. The molecule has 14 nitrogen and oxygen atoms in total. The van der Waals surface area contributed by atoms with Gasteiger partial charge in [0, 0.05) is 0 Å². The number of aromatic nitrogens is 4. The second-order valence-electron chi connectivity index (χ2n) is 9.44. The Kier molecular flexibility index (Phi) is 8.75. The SMILES string of the molecule is CC(C)OC(=O)[C@H](C)NP(=O)(OC[C@@]1(C(F)F)O[C@@H](n2cnc3c(=O)[nH]c(N)nc32)[C@H](F)[C@@H]1O)Oc1ccccc1. The number of fused-ring (bicyclic) bond motifs is 1. The number of H-pyrrole nitrogens is 1. The van der Waals surface area contributed by atoms with Crippen LogP contribution < -0.4 is 20.9 Å².